The standard InChI is InChI=1S/C40H51FO6S/c1-4-6-8-10-11-12-13-14-16-28-45-34-24-27-36(37(41)29-34)40(44)48-35-25-20-32(21-26-35)39(43)47-33-22-18-31(19-23-33)38(42)46-30(3)17-15-9-7-5-2/h18-27,29-30H,4-17,28H2,1-3H3. The maximum Gasteiger partial charge on any atom is 0.343 e. The highest BCUT2D eigenvalue weighted by atomic mass is 32.2. The van der Waals surface area contributed by atoms with Crippen molar-refractivity contribution in [2.45, 2.75) is 122 Å². The van der Waals surface area contributed by atoms with Crippen LogP contribution in [-0.2, 0) is 4.74 Å². The van der Waals surface area contributed by atoms with E-state index >= 15 is 0 Å². The highest BCUT2D eigenvalue weighted by molar-refractivity contribution is 8.14. The Bertz CT molecular complexity index is 1410. The van der Waals surface area contributed by atoms with Crippen molar-refractivity contribution in [1.82, 2.24) is 0 Å². The summed E-state index contributed by atoms with van der Waals surface area (Å²) in [6.45, 7) is 6.79. The van der Waals surface area contributed by atoms with Crippen molar-refractivity contribution >= 4 is 28.8 Å². The number of carbonyl (C=O) groups excluding carboxylic acids is 3. The van der Waals surface area contributed by atoms with Gasteiger partial charge in [-0.1, -0.05) is 84.5 Å². The average molecular weight is 679 g/mol. The molecule has 0 spiro atoms. The van der Waals surface area contributed by atoms with E-state index in [4.69, 9.17) is 14.2 Å². The molecule has 0 saturated carbocycles. The lowest BCUT2D eigenvalue weighted by atomic mass is 10.1. The summed E-state index contributed by atoms with van der Waals surface area (Å²) in [4.78, 5) is 38.5. The van der Waals surface area contributed by atoms with Crippen LogP contribution >= 0.6 is 11.8 Å². The Kier molecular flexibility index (Phi) is 17.8. The first-order chi connectivity index (χ1) is 23.3. The molecule has 3 aromatic rings. The van der Waals surface area contributed by atoms with Gasteiger partial charge in [-0.25, -0.2) is 14.0 Å². The summed E-state index contributed by atoms with van der Waals surface area (Å²) in [6.07, 6.45) is 16.1. The molecule has 0 bridgehead atoms. The molecular weight excluding hydrogens is 627 g/mol. The molecule has 3 aromatic carbocycles. The number of esters is 2. The van der Waals surface area contributed by atoms with Crippen molar-refractivity contribution in [3.05, 3.63) is 89.2 Å². The fourth-order valence-corrected chi connectivity index (χ4v) is 5.93. The first-order valence-electron chi connectivity index (χ1n) is 17.6. The van der Waals surface area contributed by atoms with Crippen LogP contribution in [0.5, 0.6) is 11.5 Å². The number of rotatable bonds is 22. The zero-order valence-electron chi connectivity index (χ0n) is 28.8. The van der Waals surface area contributed by atoms with Crippen LogP contribution in [0.3, 0.4) is 0 Å². The summed E-state index contributed by atoms with van der Waals surface area (Å²) >= 11 is 0.875. The van der Waals surface area contributed by atoms with Crippen molar-refractivity contribution in [2.24, 2.45) is 0 Å². The molecule has 1 unspecified atom stereocenters. The minimum atomic E-state index is -0.631. The number of hydrogen-bond donors (Lipinski definition) is 0. The second-order valence-electron chi connectivity index (χ2n) is 12.2. The normalized spacial score (nSPS) is 11.6. The Morgan fingerprint density at radius 1 is 0.667 bits per heavy atom. The third-order valence-electron chi connectivity index (χ3n) is 8.05. The highest BCUT2D eigenvalue weighted by Crippen LogP contribution is 2.27. The first kappa shape index (κ1) is 38.8. The van der Waals surface area contributed by atoms with Gasteiger partial charge in [-0.05, 0) is 98.6 Å². The molecule has 0 amide bonds. The summed E-state index contributed by atoms with van der Waals surface area (Å²) in [5, 5.41) is -0.446. The molecule has 260 valence electrons. The van der Waals surface area contributed by atoms with Gasteiger partial charge < -0.3 is 14.2 Å². The first-order valence-corrected chi connectivity index (χ1v) is 18.4. The van der Waals surface area contributed by atoms with E-state index < -0.39 is 22.9 Å². The predicted octanol–water partition coefficient (Wildman–Crippen LogP) is 11.4. The molecule has 0 aliphatic carbocycles. The number of benzene rings is 3. The van der Waals surface area contributed by atoms with E-state index in [0.717, 1.165) is 50.3 Å². The van der Waals surface area contributed by atoms with E-state index in [1.54, 1.807) is 54.6 Å². The highest BCUT2D eigenvalue weighted by Gasteiger charge is 2.17. The Balaban J connectivity index is 1.40. The van der Waals surface area contributed by atoms with Crippen LogP contribution in [0.1, 0.15) is 142 Å². The minimum Gasteiger partial charge on any atom is -0.493 e. The van der Waals surface area contributed by atoms with Gasteiger partial charge in [0.1, 0.15) is 17.3 Å². The molecule has 0 heterocycles. The van der Waals surface area contributed by atoms with Crippen LogP contribution in [0, 0.1) is 5.82 Å². The lowest BCUT2D eigenvalue weighted by molar-refractivity contribution is 0.0319. The van der Waals surface area contributed by atoms with Crippen molar-refractivity contribution in [1.29, 1.82) is 0 Å². The Hall–Kier alpha value is -3.65. The molecule has 0 saturated heterocycles. The molecule has 48 heavy (non-hydrogen) atoms. The maximum atomic E-state index is 14.8. The summed E-state index contributed by atoms with van der Waals surface area (Å²) in [5.41, 5.74) is 0.633. The van der Waals surface area contributed by atoms with E-state index in [0.29, 0.717) is 22.8 Å². The molecule has 0 aromatic heterocycles. The predicted molar refractivity (Wildman–Crippen MR) is 191 cm³/mol. The fourth-order valence-electron chi connectivity index (χ4n) is 5.17. The molecule has 0 fully saturated rings. The fraction of sp³-hybridized carbons (Fsp3) is 0.475. The van der Waals surface area contributed by atoms with Crippen LogP contribution in [-0.4, -0.2) is 29.8 Å². The van der Waals surface area contributed by atoms with Crippen molar-refractivity contribution in [3.8, 4) is 11.5 Å². The van der Waals surface area contributed by atoms with Gasteiger partial charge in [-0.2, -0.15) is 0 Å². The van der Waals surface area contributed by atoms with Gasteiger partial charge in [0.15, 0.2) is 0 Å². The molecule has 8 heteroatoms. The zero-order valence-corrected chi connectivity index (χ0v) is 29.6. The summed E-state index contributed by atoms with van der Waals surface area (Å²) in [6, 6.07) is 16.9. The summed E-state index contributed by atoms with van der Waals surface area (Å²) in [7, 11) is 0. The third kappa shape index (κ3) is 14.2. The van der Waals surface area contributed by atoms with Crippen LogP contribution < -0.4 is 9.47 Å². The molecule has 3 rings (SSSR count). The summed E-state index contributed by atoms with van der Waals surface area (Å²) < 4.78 is 31.5. The third-order valence-corrected chi connectivity index (χ3v) is 8.96. The van der Waals surface area contributed by atoms with Gasteiger partial charge in [0.2, 0.25) is 5.12 Å². The van der Waals surface area contributed by atoms with E-state index in [1.165, 1.54) is 63.5 Å². The molecule has 0 N–H and O–H groups in total. The molecule has 0 aliphatic rings. The second kappa shape index (κ2) is 22.1. The number of carbonyl (C=O) groups is 3. The number of halogens is 1. The zero-order chi connectivity index (χ0) is 34.6. The smallest absolute Gasteiger partial charge is 0.343 e. The SMILES string of the molecule is CCCCCCCCCCCOc1ccc(C(=O)Sc2ccc(C(=O)Oc3ccc(C(=O)OC(C)CCCCCC)cc3)cc2)c(F)c1. The number of unbranched alkanes of at least 4 members (excludes halogenated alkanes) is 11. The lowest BCUT2D eigenvalue weighted by Gasteiger charge is -2.13. The molecule has 0 radical (unpaired) electrons. The number of thioether (sulfide) groups is 1. The van der Waals surface area contributed by atoms with Gasteiger partial charge in [-0.15, -0.1) is 0 Å². The quantitative estimate of drug-likeness (QED) is 0.0453. The van der Waals surface area contributed by atoms with Crippen LogP contribution in [0.15, 0.2) is 71.6 Å². The van der Waals surface area contributed by atoms with E-state index in [1.807, 2.05) is 6.92 Å². The van der Waals surface area contributed by atoms with Gasteiger partial charge in [0.25, 0.3) is 0 Å². The topological polar surface area (TPSA) is 78.9 Å². The maximum absolute atomic E-state index is 14.8. The average Bonchev–Trinajstić information content (AvgIpc) is 3.08. The molecular formula is C40H51FO6S. The molecule has 0 aliphatic heterocycles. The van der Waals surface area contributed by atoms with E-state index in [2.05, 4.69) is 13.8 Å². The minimum absolute atomic E-state index is 0.0346. The lowest BCUT2D eigenvalue weighted by Crippen LogP contribution is -2.15. The van der Waals surface area contributed by atoms with Gasteiger partial charge in [-0.3, -0.25) is 4.79 Å². The summed E-state index contributed by atoms with van der Waals surface area (Å²) in [5.74, 6) is -0.930. The Labute approximate surface area is 290 Å². The van der Waals surface area contributed by atoms with E-state index in [9.17, 15) is 18.8 Å². The van der Waals surface area contributed by atoms with Gasteiger partial charge in [0.05, 0.1) is 29.4 Å². The van der Waals surface area contributed by atoms with Crippen LogP contribution in [0.4, 0.5) is 4.39 Å². The number of hydrogen-bond acceptors (Lipinski definition) is 7. The van der Waals surface area contributed by atoms with Crippen molar-refractivity contribution < 1.29 is 33.0 Å². The van der Waals surface area contributed by atoms with Crippen LogP contribution in [0.25, 0.3) is 0 Å². The van der Waals surface area contributed by atoms with Crippen LogP contribution in [0.2, 0.25) is 0 Å². The largest absolute Gasteiger partial charge is 0.493 e. The second-order valence-corrected chi connectivity index (χ2v) is 13.3. The van der Waals surface area contributed by atoms with Crippen molar-refractivity contribution in [2.75, 3.05) is 6.61 Å². The monoisotopic (exact) mass is 678 g/mol. The van der Waals surface area contributed by atoms with E-state index in [-0.39, 0.29) is 23.0 Å². The Morgan fingerprint density at radius 3 is 1.83 bits per heavy atom. The molecule has 1 atom stereocenters. The van der Waals surface area contributed by atoms with Gasteiger partial charge in [0, 0.05) is 11.0 Å². The van der Waals surface area contributed by atoms with Gasteiger partial charge >= 0.3 is 11.9 Å². The van der Waals surface area contributed by atoms with Crippen molar-refractivity contribution in [3.63, 3.8) is 0 Å². The number of ether oxygens (including phenoxy) is 3. The Morgan fingerprint density at radius 2 is 1.21 bits per heavy atom. The molecule has 6 nitrogen and oxygen atoms in total.